The third kappa shape index (κ3) is 4.33. The predicted molar refractivity (Wildman–Crippen MR) is 90.6 cm³/mol. The first-order valence-electron chi connectivity index (χ1n) is 8.24. The maximum Gasteiger partial charge on any atom is 0.223 e. The Morgan fingerprint density at radius 3 is 2.54 bits per heavy atom. The normalized spacial score (nSPS) is 21.3. The van der Waals surface area contributed by atoms with E-state index in [4.69, 9.17) is 5.73 Å². The number of rotatable bonds is 5. The Morgan fingerprint density at radius 2 is 1.96 bits per heavy atom. The fourth-order valence-electron chi connectivity index (χ4n) is 3.01. The lowest BCUT2D eigenvalue weighted by molar-refractivity contribution is -0.133. The summed E-state index contributed by atoms with van der Waals surface area (Å²) in [6.45, 7) is 4.68. The summed E-state index contributed by atoms with van der Waals surface area (Å²) in [5.41, 5.74) is 5.92. The highest BCUT2D eigenvalue weighted by Gasteiger charge is 2.30. The van der Waals surface area contributed by atoms with E-state index in [-0.39, 0.29) is 29.2 Å². The van der Waals surface area contributed by atoms with Gasteiger partial charge in [0.05, 0.1) is 10.1 Å². The van der Waals surface area contributed by atoms with Crippen LogP contribution < -0.4 is 5.73 Å². The van der Waals surface area contributed by atoms with E-state index in [9.17, 15) is 17.6 Å². The summed E-state index contributed by atoms with van der Waals surface area (Å²) in [6, 6.07) is 4.71. The average molecular weight is 356 g/mol. The second-order valence-corrected chi connectivity index (χ2v) is 8.98. The van der Waals surface area contributed by atoms with E-state index in [1.165, 1.54) is 19.1 Å². The summed E-state index contributed by atoms with van der Waals surface area (Å²) >= 11 is 0. The molecule has 3 unspecified atom stereocenters. The van der Waals surface area contributed by atoms with Crippen molar-refractivity contribution in [1.29, 1.82) is 0 Å². The number of likely N-dealkylation sites (tertiary alicyclic amines) is 1. The van der Waals surface area contributed by atoms with Crippen LogP contribution in [-0.4, -0.2) is 43.6 Å². The SMILES string of the molecule is CC(N)C1CCCN(C(=O)CC(C)S(=O)(=O)c2ccc(F)cc2)C1. The molecule has 1 fully saturated rings. The Labute approximate surface area is 142 Å². The van der Waals surface area contributed by atoms with Crippen molar-refractivity contribution >= 4 is 15.7 Å². The molecular weight excluding hydrogens is 331 g/mol. The number of nitrogens with zero attached hydrogens (tertiary/aromatic N) is 1. The van der Waals surface area contributed by atoms with Gasteiger partial charge in [0.15, 0.2) is 9.84 Å². The Hall–Kier alpha value is -1.47. The van der Waals surface area contributed by atoms with Gasteiger partial charge in [-0.05, 0) is 56.9 Å². The molecule has 1 amide bonds. The highest BCUT2D eigenvalue weighted by molar-refractivity contribution is 7.92. The number of nitrogens with two attached hydrogens (primary N) is 1. The molecular formula is C17H25FN2O3S. The Balaban J connectivity index is 2.04. The van der Waals surface area contributed by atoms with Gasteiger partial charge in [-0.25, -0.2) is 12.8 Å². The van der Waals surface area contributed by atoms with Crippen LogP contribution in [0.1, 0.15) is 33.1 Å². The monoisotopic (exact) mass is 356 g/mol. The number of halogens is 1. The number of piperidine rings is 1. The Kier molecular flexibility index (Phi) is 5.98. The van der Waals surface area contributed by atoms with Crippen LogP contribution in [0.4, 0.5) is 4.39 Å². The summed E-state index contributed by atoms with van der Waals surface area (Å²) in [6.07, 6.45) is 1.80. The minimum Gasteiger partial charge on any atom is -0.342 e. The smallest absolute Gasteiger partial charge is 0.223 e. The van der Waals surface area contributed by atoms with Crippen molar-refractivity contribution in [3.8, 4) is 0 Å². The van der Waals surface area contributed by atoms with E-state index in [1.54, 1.807) is 4.90 Å². The van der Waals surface area contributed by atoms with Crippen molar-refractivity contribution in [2.45, 2.75) is 49.3 Å². The molecule has 2 rings (SSSR count). The van der Waals surface area contributed by atoms with Gasteiger partial charge in [-0.3, -0.25) is 4.79 Å². The molecule has 0 radical (unpaired) electrons. The quantitative estimate of drug-likeness (QED) is 0.818. The molecule has 1 aliphatic rings. The topological polar surface area (TPSA) is 80.5 Å². The largest absolute Gasteiger partial charge is 0.342 e. The summed E-state index contributed by atoms with van der Waals surface area (Å²) in [4.78, 5) is 14.2. The van der Waals surface area contributed by atoms with Crippen LogP contribution in [0.5, 0.6) is 0 Å². The molecule has 1 aromatic carbocycles. The van der Waals surface area contributed by atoms with Gasteiger partial charge >= 0.3 is 0 Å². The molecule has 1 heterocycles. The van der Waals surface area contributed by atoms with E-state index < -0.39 is 20.9 Å². The summed E-state index contributed by atoms with van der Waals surface area (Å²) < 4.78 is 38.0. The lowest BCUT2D eigenvalue weighted by Gasteiger charge is -2.35. The zero-order chi connectivity index (χ0) is 17.9. The number of hydrogen-bond donors (Lipinski definition) is 1. The van der Waals surface area contributed by atoms with Gasteiger partial charge in [0, 0.05) is 25.6 Å². The van der Waals surface area contributed by atoms with Gasteiger partial charge in [0.25, 0.3) is 0 Å². The maximum absolute atomic E-state index is 13.0. The average Bonchev–Trinajstić information content (AvgIpc) is 2.55. The number of benzene rings is 1. The van der Waals surface area contributed by atoms with Crippen LogP contribution >= 0.6 is 0 Å². The molecule has 0 bridgehead atoms. The van der Waals surface area contributed by atoms with E-state index in [0.717, 1.165) is 25.0 Å². The van der Waals surface area contributed by atoms with Crippen molar-refractivity contribution in [2.24, 2.45) is 11.7 Å². The molecule has 3 atom stereocenters. The summed E-state index contributed by atoms with van der Waals surface area (Å²) in [5, 5.41) is -0.855. The first-order valence-corrected chi connectivity index (χ1v) is 9.79. The number of carbonyl (C=O) groups is 1. The summed E-state index contributed by atoms with van der Waals surface area (Å²) in [7, 11) is -3.66. The van der Waals surface area contributed by atoms with Gasteiger partial charge in [-0.2, -0.15) is 0 Å². The maximum atomic E-state index is 13.0. The number of sulfone groups is 1. The predicted octanol–water partition coefficient (Wildman–Crippen LogP) is 1.96. The van der Waals surface area contributed by atoms with Gasteiger partial charge in [0.2, 0.25) is 5.91 Å². The minimum atomic E-state index is -3.66. The van der Waals surface area contributed by atoms with Gasteiger partial charge < -0.3 is 10.6 Å². The van der Waals surface area contributed by atoms with E-state index in [1.807, 2.05) is 6.92 Å². The van der Waals surface area contributed by atoms with Crippen molar-refractivity contribution < 1.29 is 17.6 Å². The van der Waals surface area contributed by atoms with E-state index in [0.29, 0.717) is 13.1 Å². The fourth-order valence-corrected chi connectivity index (χ4v) is 4.35. The zero-order valence-corrected chi connectivity index (χ0v) is 14.9. The van der Waals surface area contributed by atoms with Crippen molar-refractivity contribution in [3.05, 3.63) is 30.1 Å². The second kappa shape index (κ2) is 7.61. The highest BCUT2D eigenvalue weighted by atomic mass is 32.2. The lowest BCUT2D eigenvalue weighted by atomic mass is 9.92. The lowest BCUT2D eigenvalue weighted by Crippen LogP contribution is -2.46. The Bertz CT molecular complexity index is 674. The number of amides is 1. The van der Waals surface area contributed by atoms with Crippen molar-refractivity contribution in [3.63, 3.8) is 0 Å². The molecule has 1 saturated heterocycles. The first kappa shape index (κ1) is 18.9. The number of hydrogen-bond acceptors (Lipinski definition) is 4. The molecule has 134 valence electrons. The van der Waals surface area contributed by atoms with E-state index >= 15 is 0 Å². The van der Waals surface area contributed by atoms with Crippen LogP contribution in [-0.2, 0) is 14.6 Å². The van der Waals surface area contributed by atoms with Gasteiger partial charge in [-0.1, -0.05) is 0 Å². The first-order chi connectivity index (χ1) is 11.2. The summed E-state index contributed by atoms with van der Waals surface area (Å²) in [5.74, 6) is -0.404. The van der Waals surface area contributed by atoms with Crippen LogP contribution in [0, 0.1) is 11.7 Å². The molecule has 1 aliphatic heterocycles. The van der Waals surface area contributed by atoms with Crippen molar-refractivity contribution in [2.75, 3.05) is 13.1 Å². The molecule has 2 N–H and O–H groups in total. The standard InChI is InChI=1S/C17H25FN2O3S/c1-12(24(22,23)16-7-5-15(18)6-8-16)10-17(21)20-9-3-4-14(11-20)13(2)19/h5-8,12-14H,3-4,9-11,19H2,1-2H3. The molecule has 0 saturated carbocycles. The fraction of sp³-hybridized carbons (Fsp3) is 0.588. The molecule has 5 nitrogen and oxygen atoms in total. The van der Waals surface area contributed by atoms with Gasteiger partial charge in [0.1, 0.15) is 5.82 Å². The van der Waals surface area contributed by atoms with E-state index in [2.05, 4.69) is 0 Å². The molecule has 0 aromatic heterocycles. The van der Waals surface area contributed by atoms with Crippen molar-refractivity contribution in [1.82, 2.24) is 4.90 Å². The third-order valence-electron chi connectivity index (χ3n) is 4.69. The molecule has 7 heteroatoms. The second-order valence-electron chi connectivity index (χ2n) is 6.61. The highest BCUT2D eigenvalue weighted by Crippen LogP contribution is 2.22. The van der Waals surface area contributed by atoms with Crippen LogP contribution in [0.25, 0.3) is 0 Å². The molecule has 0 spiro atoms. The zero-order valence-electron chi connectivity index (χ0n) is 14.1. The van der Waals surface area contributed by atoms with Crippen LogP contribution in [0.15, 0.2) is 29.2 Å². The third-order valence-corrected chi connectivity index (χ3v) is 6.84. The minimum absolute atomic E-state index is 0.0148. The number of carbonyl (C=O) groups excluding carboxylic acids is 1. The van der Waals surface area contributed by atoms with Crippen LogP contribution in [0.3, 0.4) is 0 Å². The van der Waals surface area contributed by atoms with Gasteiger partial charge in [-0.15, -0.1) is 0 Å². The van der Waals surface area contributed by atoms with Crippen LogP contribution in [0.2, 0.25) is 0 Å². The molecule has 1 aromatic rings. The Morgan fingerprint density at radius 1 is 1.33 bits per heavy atom. The molecule has 24 heavy (non-hydrogen) atoms. The molecule has 0 aliphatic carbocycles.